The summed E-state index contributed by atoms with van der Waals surface area (Å²) in [6.45, 7) is 2.54. The fourth-order valence-electron chi connectivity index (χ4n) is 3.96. The van der Waals surface area contributed by atoms with Crippen LogP contribution in [0.25, 0.3) is 0 Å². The molecule has 2 fully saturated rings. The first-order chi connectivity index (χ1) is 10.4. The first kappa shape index (κ1) is 17.6. The highest BCUT2D eigenvalue weighted by Gasteiger charge is 2.36. The molecular formula is C16H31N3O2S. The number of rotatable bonds is 3. The number of likely N-dealkylation sites (tertiary alicyclic amines) is 1. The second-order valence-corrected chi connectivity index (χ2v) is 9.30. The molecule has 6 heteroatoms. The van der Waals surface area contributed by atoms with Gasteiger partial charge in [0.25, 0.3) is 0 Å². The van der Waals surface area contributed by atoms with E-state index in [9.17, 15) is 8.42 Å². The Morgan fingerprint density at radius 1 is 1.14 bits per heavy atom. The van der Waals surface area contributed by atoms with E-state index in [1.807, 2.05) is 0 Å². The first-order valence-corrected chi connectivity index (χ1v) is 10.6. The molecule has 0 unspecified atom stereocenters. The SMILES string of the molecule is CN=C(NCCS(C)(=O)=O)N1CCCC2(CCCCCC2)C1. The van der Waals surface area contributed by atoms with Gasteiger partial charge in [0.05, 0.1) is 5.75 Å². The van der Waals surface area contributed by atoms with Gasteiger partial charge in [-0.1, -0.05) is 25.7 Å². The standard InChI is InChI=1S/C16H31N3O2S/c1-17-15(18-11-13-22(2,20)21)19-12-7-10-16(14-19)8-5-3-4-6-9-16/h3-14H2,1-2H3,(H,17,18). The fraction of sp³-hybridized carbons (Fsp3) is 0.938. The third-order valence-electron chi connectivity index (χ3n) is 5.09. The van der Waals surface area contributed by atoms with E-state index >= 15 is 0 Å². The van der Waals surface area contributed by atoms with Gasteiger partial charge in [0.15, 0.2) is 5.96 Å². The summed E-state index contributed by atoms with van der Waals surface area (Å²) in [6.07, 6.45) is 12.0. The highest BCUT2D eigenvalue weighted by molar-refractivity contribution is 7.90. The smallest absolute Gasteiger partial charge is 0.193 e. The third-order valence-corrected chi connectivity index (χ3v) is 6.04. The van der Waals surface area contributed by atoms with Gasteiger partial charge in [-0.3, -0.25) is 4.99 Å². The molecule has 22 heavy (non-hydrogen) atoms. The highest BCUT2D eigenvalue weighted by atomic mass is 32.2. The van der Waals surface area contributed by atoms with Gasteiger partial charge in [0.2, 0.25) is 0 Å². The zero-order valence-corrected chi connectivity index (χ0v) is 14.9. The summed E-state index contributed by atoms with van der Waals surface area (Å²) in [5.41, 5.74) is 0.462. The van der Waals surface area contributed by atoms with Crippen molar-refractivity contribution in [2.45, 2.75) is 51.4 Å². The maximum Gasteiger partial charge on any atom is 0.193 e. The molecule has 0 aromatic carbocycles. The fourth-order valence-corrected chi connectivity index (χ4v) is 4.43. The lowest BCUT2D eigenvalue weighted by Gasteiger charge is -2.44. The summed E-state index contributed by atoms with van der Waals surface area (Å²) in [4.78, 5) is 6.71. The number of nitrogens with one attached hydrogen (secondary N) is 1. The number of hydrogen-bond donors (Lipinski definition) is 1. The van der Waals surface area contributed by atoms with Gasteiger partial charge in [-0.25, -0.2) is 8.42 Å². The second kappa shape index (κ2) is 7.66. The predicted molar refractivity (Wildman–Crippen MR) is 92.0 cm³/mol. The number of hydrogen-bond acceptors (Lipinski definition) is 3. The van der Waals surface area contributed by atoms with Crippen LogP contribution in [0.15, 0.2) is 4.99 Å². The van der Waals surface area contributed by atoms with Crippen LogP contribution in [0.3, 0.4) is 0 Å². The average Bonchev–Trinajstić information content (AvgIpc) is 2.68. The second-order valence-electron chi connectivity index (χ2n) is 7.04. The molecule has 1 saturated heterocycles. The van der Waals surface area contributed by atoms with E-state index in [1.54, 1.807) is 7.05 Å². The van der Waals surface area contributed by atoms with Gasteiger partial charge in [0.1, 0.15) is 9.84 Å². The van der Waals surface area contributed by atoms with Crippen molar-refractivity contribution in [1.82, 2.24) is 10.2 Å². The number of guanidine groups is 1. The molecule has 0 aromatic heterocycles. The van der Waals surface area contributed by atoms with Crippen molar-refractivity contribution in [3.63, 3.8) is 0 Å². The molecule has 1 spiro atoms. The Morgan fingerprint density at radius 3 is 2.36 bits per heavy atom. The van der Waals surface area contributed by atoms with Crippen molar-refractivity contribution in [2.75, 3.05) is 38.7 Å². The van der Waals surface area contributed by atoms with Crippen molar-refractivity contribution in [3.8, 4) is 0 Å². The van der Waals surface area contributed by atoms with Crippen molar-refractivity contribution >= 4 is 15.8 Å². The van der Waals surface area contributed by atoms with Crippen molar-refractivity contribution in [3.05, 3.63) is 0 Å². The molecule has 1 saturated carbocycles. The monoisotopic (exact) mass is 329 g/mol. The molecule has 0 atom stereocenters. The van der Waals surface area contributed by atoms with E-state index in [4.69, 9.17) is 0 Å². The quantitative estimate of drug-likeness (QED) is 0.636. The minimum atomic E-state index is -2.93. The molecule has 1 N–H and O–H groups in total. The molecule has 1 heterocycles. The molecular weight excluding hydrogens is 298 g/mol. The van der Waals surface area contributed by atoms with E-state index in [2.05, 4.69) is 15.2 Å². The molecule has 128 valence electrons. The topological polar surface area (TPSA) is 61.8 Å². The lowest BCUT2D eigenvalue weighted by Crippen LogP contribution is -2.51. The van der Waals surface area contributed by atoms with Gasteiger partial charge in [0, 0.05) is 32.9 Å². The zero-order valence-electron chi connectivity index (χ0n) is 14.1. The molecule has 2 aliphatic rings. The lowest BCUT2D eigenvalue weighted by molar-refractivity contribution is 0.115. The summed E-state index contributed by atoms with van der Waals surface area (Å²) in [5.74, 6) is 1.03. The van der Waals surface area contributed by atoms with Gasteiger partial charge < -0.3 is 10.2 Å². The van der Waals surface area contributed by atoms with Gasteiger partial charge >= 0.3 is 0 Å². The molecule has 0 aromatic rings. The third kappa shape index (κ3) is 5.14. The van der Waals surface area contributed by atoms with Crippen LogP contribution in [0.1, 0.15) is 51.4 Å². The largest absolute Gasteiger partial charge is 0.355 e. The molecule has 0 radical (unpaired) electrons. The van der Waals surface area contributed by atoms with Crippen molar-refractivity contribution < 1.29 is 8.42 Å². The van der Waals surface area contributed by atoms with Crippen LogP contribution in [0.2, 0.25) is 0 Å². The Labute approximate surface area is 135 Å². The summed E-state index contributed by atoms with van der Waals surface area (Å²) >= 11 is 0. The average molecular weight is 330 g/mol. The number of aliphatic imine (C=N–C) groups is 1. The normalized spacial score (nSPS) is 23.4. The van der Waals surface area contributed by atoms with Crippen LogP contribution in [0.4, 0.5) is 0 Å². The number of sulfone groups is 1. The first-order valence-electron chi connectivity index (χ1n) is 8.57. The summed E-state index contributed by atoms with van der Waals surface area (Å²) in [7, 11) is -1.14. The maximum atomic E-state index is 11.3. The maximum absolute atomic E-state index is 11.3. The molecule has 2 rings (SSSR count). The molecule has 0 bridgehead atoms. The molecule has 5 nitrogen and oxygen atoms in total. The Hall–Kier alpha value is -0.780. The summed E-state index contributed by atoms with van der Waals surface area (Å²) in [6, 6.07) is 0. The Morgan fingerprint density at radius 2 is 1.77 bits per heavy atom. The van der Waals surface area contributed by atoms with Crippen LogP contribution < -0.4 is 5.32 Å². The van der Waals surface area contributed by atoms with Crippen LogP contribution in [0, 0.1) is 5.41 Å². The Balaban J connectivity index is 1.94. The Bertz CT molecular complexity index is 480. The van der Waals surface area contributed by atoms with E-state index in [0.29, 0.717) is 12.0 Å². The van der Waals surface area contributed by atoms with Crippen molar-refractivity contribution in [2.24, 2.45) is 10.4 Å². The van der Waals surface area contributed by atoms with E-state index in [-0.39, 0.29) is 5.75 Å². The molecule has 0 amide bonds. The van der Waals surface area contributed by atoms with E-state index in [0.717, 1.165) is 19.0 Å². The molecule has 1 aliphatic carbocycles. The minimum Gasteiger partial charge on any atom is -0.355 e. The molecule has 1 aliphatic heterocycles. The number of piperidine rings is 1. The van der Waals surface area contributed by atoms with E-state index < -0.39 is 9.84 Å². The van der Waals surface area contributed by atoms with Gasteiger partial charge in [-0.05, 0) is 31.1 Å². The van der Waals surface area contributed by atoms with Gasteiger partial charge in [-0.2, -0.15) is 0 Å². The van der Waals surface area contributed by atoms with Gasteiger partial charge in [-0.15, -0.1) is 0 Å². The Kier molecular flexibility index (Phi) is 6.12. The highest BCUT2D eigenvalue weighted by Crippen LogP contribution is 2.42. The van der Waals surface area contributed by atoms with Crippen molar-refractivity contribution in [1.29, 1.82) is 0 Å². The summed E-state index contributed by atoms with van der Waals surface area (Å²) in [5, 5.41) is 3.23. The zero-order chi connectivity index (χ0) is 16.1. The van der Waals surface area contributed by atoms with Crippen LogP contribution in [0.5, 0.6) is 0 Å². The minimum absolute atomic E-state index is 0.158. The predicted octanol–water partition coefficient (Wildman–Crippen LogP) is 2.04. The summed E-state index contributed by atoms with van der Waals surface area (Å²) < 4.78 is 22.5. The van der Waals surface area contributed by atoms with Crippen LogP contribution >= 0.6 is 0 Å². The van der Waals surface area contributed by atoms with E-state index in [1.165, 1.54) is 57.6 Å². The number of nitrogens with zero attached hydrogens (tertiary/aromatic N) is 2. The van der Waals surface area contributed by atoms with Crippen LogP contribution in [-0.2, 0) is 9.84 Å². The lowest BCUT2D eigenvalue weighted by atomic mass is 9.74. The van der Waals surface area contributed by atoms with Crippen LogP contribution in [-0.4, -0.2) is 58.0 Å².